The summed E-state index contributed by atoms with van der Waals surface area (Å²) in [5, 5.41) is 0. The van der Waals surface area contributed by atoms with E-state index >= 15 is 0 Å². The average molecular weight is 187 g/mol. The van der Waals surface area contributed by atoms with Gasteiger partial charge in [0.1, 0.15) is 7.85 Å². The highest BCUT2D eigenvalue weighted by atomic mass is 16.5. The van der Waals surface area contributed by atoms with Crippen LogP contribution >= 0.6 is 0 Å². The summed E-state index contributed by atoms with van der Waals surface area (Å²) in [7, 11) is 5.72. The summed E-state index contributed by atoms with van der Waals surface area (Å²) >= 11 is 0. The fourth-order valence-corrected chi connectivity index (χ4v) is 1.71. The second-order valence-corrected chi connectivity index (χ2v) is 3.63. The fourth-order valence-electron chi connectivity index (χ4n) is 1.71. The van der Waals surface area contributed by atoms with E-state index in [1.165, 1.54) is 5.56 Å². The van der Waals surface area contributed by atoms with Gasteiger partial charge in [0, 0.05) is 19.6 Å². The van der Waals surface area contributed by atoms with Crippen molar-refractivity contribution in [1.29, 1.82) is 0 Å². The van der Waals surface area contributed by atoms with Crippen molar-refractivity contribution in [2.75, 3.05) is 26.3 Å². The summed E-state index contributed by atoms with van der Waals surface area (Å²) in [6.07, 6.45) is 0. The van der Waals surface area contributed by atoms with Crippen molar-refractivity contribution in [2.45, 2.75) is 6.54 Å². The molecule has 1 heterocycles. The molecule has 2 rings (SSSR count). The van der Waals surface area contributed by atoms with E-state index in [4.69, 9.17) is 12.6 Å². The van der Waals surface area contributed by atoms with Gasteiger partial charge in [0.25, 0.3) is 0 Å². The molecule has 1 aromatic rings. The van der Waals surface area contributed by atoms with Gasteiger partial charge in [-0.05, 0) is 5.56 Å². The van der Waals surface area contributed by atoms with Gasteiger partial charge < -0.3 is 4.74 Å². The molecule has 14 heavy (non-hydrogen) atoms. The van der Waals surface area contributed by atoms with E-state index in [9.17, 15) is 0 Å². The van der Waals surface area contributed by atoms with Crippen molar-refractivity contribution in [2.24, 2.45) is 0 Å². The summed E-state index contributed by atoms with van der Waals surface area (Å²) in [6, 6.07) is 8.08. The number of ether oxygens (including phenoxy) is 1. The first kappa shape index (κ1) is 9.75. The molecule has 2 nitrogen and oxygen atoms in total. The third-order valence-corrected chi connectivity index (χ3v) is 2.46. The van der Waals surface area contributed by atoms with Crippen LogP contribution in [-0.2, 0) is 11.3 Å². The minimum atomic E-state index is 0.843. The zero-order chi connectivity index (χ0) is 9.80. The Morgan fingerprint density at radius 3 is 2.79 bits per heavy atom. The van der Waals surface area contributed by atoms with E-state index in [1.54, 1.807) is 0 Å². The SMILES string of the molecule is [B]c1cccc(CN2CCOCC2)c1. The molecule has 0 spiro atoms. The van der Waals surface area contributed by atoms with Crippen LogP contribution in [0.15, 0.2) is 24.3 Å². The lowest BCUT2D eigenvalue weighted by atomic mass is 9.94. The largest absolute Gasteiger partial charge is 0.379 e. The molecular weight excluding hydrogens is 173 g/mol. The van der Waals surface area contributed by atoms with E-state index in [1.807, 2.05) is 18.2 Å². The average Bonchev–Trinajstić information content (AvgIpc) is 2.19. The first-order valence-corrected chi connectivity index (χ1v) is 4.99. The number of benzene rings is 1. The van der Waals surface area contributed by atoms with Crippen LogP contribution < -0.4 is 5.46 Å². The lowest BCUT2D eigenvalue weighted by Crippen LogP contribution is -2.35. The smallest absolute Gasteiger partial charge is 0.113 e. The molecule has 0 aromatic heterocycles. The van der Waals surface area contributed by atoms with Gasteiger partial charge in [0.15, 0.2) is 0 Å². The van der Waals surface area contributed by atoms with Crippen LogP contribution in [0.2, 0.25) is 0 Å². The molecule has 0 atom stereocenters. The van der Waals surface area contributed by atoms with Gasteiger partial charge in [0.05, 0.1) is 13.2 Å². The molecule has 3 heteroatoms. The summed E-state index contributed by atoms with van der Waals surface area (Å²) < 4.78 is 5.29. The zero-order valence-corrected chi connectivity index (χ0v) is 8.28. The van der Waals surface area contributed by atoms with E-state index in [0.717, 1.165) is 38.3 Å². The molecule has 1 aliphatic rings. The van der Waals surface area contributed by atoms with Crippen LogP contribution in [0.25, 0.3) is 0 Å². The number of hydrogen-bond donors (Lipinski definition) is 0. The maximum Gasteiger partial charge on any atom is 0.113 e. The topological polar surface area (TPSA) is 12.5 Å². The Labute approximate surface area is 86.3 Å². The van der Waals surface area contributed by atoms with Crippen molar-refractivity contribution < 1.29 is 4.74 Å². The molecule has 0 unspecified atom stereocenters. The normalized spacial score (nSPS) is 18.3. The molecule has 0 aliphatic carbocycles. The van der Waals surface area contributed by atoms with Crippen molar-refractivity contribution in [3.05, 3.63) is 29.8 Å². The number of morpholine rings is 1. The maximum absolute atomic E-state index is 5.72. The van der Waals surface area contributed by atoms with E-state index in [-0.39, 0.29) is 0 Å². The Morgan fingerprint density at radius 2 is 2.07 bits per heavy atom. The minimum absolute atomic E-state index is 0.843. The summed E-state index contributed by atoms with van der Waals surface area (Å²) in [6.45, 7) is 4.72. The van der Waals surface area contributed by atoms with Crippen LogP contribution in [0.5, 0.6) is 0 Å². The van der Waals surface area contributed by atoms with Gasteiger partial charge in [-0.2, -0.15) is 0 Å². The van der Waals surface area contributed by atoms with Gasteiger partial charge >= 0.3 is 0 Å². The molecule has 1 saturated heterocycles. The van der Waals surface area contributed by atoms with Gasteiger partial charge in [-0.1, -0.05) is 29.7 Å². The van der Waals surface area contributed by atoms with Crippen LogP contribution in [-0.4, -0.2) is 39.0 Å². The molecule has 2 radical (unpaired) electrons. The second kappa shape index (κ2) is 4.62. The Bertz CT molecular complexity index is 297. The van der Waals surface area contributed by atoms with Crippen LogP contribution in [0.3, 0.4) is 0 Å². The van der Waals surface area contributed by atoms with Crippen LogP contribution in [0.1, 0.15) is 5.56 Å². The summed E-state index contributed by atoms with van der Waals surface area (Å²) in [5.74, 6) is 0. The highest BCUT2D eigenvalue weighted by Gasteiger charge is 2.09. The Kier molecular flexibility index (Phi) is 3.22. The summed E-state index contributed by atoms with van der Waals surface area (Å²) in [4.78, 5) is 2.39. The first-order chi connectivity index (χ1) is 6.84. The molecule has 72 valence electrons. The van der Waals surface area contributed by atoms with Crippen LogP contribution in [0, 0.1) is 0 Å². The molecule has 0 amide bonds. The summed E-state index contributed by atoms with van der Waals surface area (Å²) in [5.41, 5.74) is 2.13. The maximum atomic E-state index is 5.72. The number of rotatable bonds is 2. The molecule has 1 aromatic carbocycles. The minimum Gasteiger partial charge on any atom is -0.379 e. The zero-order valence-electron chi connectivity index (χ0n) is 8.28. The molecular formula is C11H14BNO. The second-order valence-electron chi connectivity index (χ2n) is 3.63. The highest BCUT2D eigenvalue weighted by molar-refractivity contribution is 6.32. The van der Waals surface area contributed by atoms with Crippen molar-refractivity contribution >= 4 is 13.3 Å². The van der Waals surface area contributed by atoms with Crippen molar-refractivity contribution in [3.63, 3.8) is 0 Å². The van der Waals surface area contributed by atoms with Gasteiger partial charge in [-0.15, -0.1) is 0 Å². The predicted octanol–water partition coefficient (Wildman–Crippen LogP) is 0.313. The van der Waals surface area contributed by atoms with Crippen molar-refractivity contribution in [3.8, 4) is 0 Å². The molecule has 0 saturated carbocycles. The molecule has 0 N–H and O–H groups in total. The number of nitrogens with zero attached hydrogens (tertiary/aromatic N) is 1. The monoisotopic (exact) mass is 187 g/mol. The Balaban J connectivity index is 1.95. The van der Waals surface area contributed by atoms with Gasteiger partial charge in [-0.3, -0.25) is 4.90 Å². The van der Waals surface area contributed by atoms with Crippen LogP contribution in [0.4, 0.5) is 0 Å². The van der Waals surface area contributed by atoms with Crippen molar-refractivity contribution in [1.82, 2.24) is 4.90 Å². The molecule has 1 fully saturated rings. The highest BCUT2D eigenvalue weighted by Crippen LogP contribution is 2.05. The number of hydrogen-bond acceptors (Lipinski definition) is 2. The van der Waals surface area contributed by atoms with Gasteiger partial charge in [-0.25, -0.2) is 0 Å². The molecule has 0 bridgehead atoms. The lowest BCUT2D eigenvalue weighted by Gasteiger charge is -2.26. The Morgan fingerprint density at radius 1 is 1.29 bits per heavy atom. The third kappa shape index (κ3) is 2.60. The third-order valence-electron chi connectivity index (χ3n) is 2.46. The first-order valence-electron chi connectivity index (χ1n) is 4.99. The molecule has 1 aliphatic heterocycles. The Hall–Kier alpha value is -0.795. The standard InChI is InChI=1S/C11H14BNO/c12-11-3-1-2-10(8-11)9-13-4-6-14-7-5-13/h1-3,8H,4-7,9H2. The predicted molar refractivity (Wildman–Crippen MR) is 57.9 cm³/mol. The van der Waals surface area contributed by atoms with E-state index < -0.39 is 0 Å². The lowest BCUT2D eigenvalue weighted by molar-refractivity contribution is 0.0342. The van der Waals surface area contributed by atoms with Gasteiger partial charge in [0.2, 0.25) is 0 Å². The quantitative estimate of drug-likeness (QED) is 0.618. The van der Waals surface area contributed by atoms with E-state index in [2.05, 4.69) is 11.0 Å². The van der Waals surface area contributed by atoms with E-state index in [0.29, 0.717) is 0 Å². The fraction of sp³-hybridized carbons (Fsp3) is 0.455.